The maximum Gasteiger partial charge on any atom is 0.0989 e. The van der Waals surface area contributed by atoms with E-state index in [2.05, 4.69) is 34.8 Å². The first-order chi connectivity index (χ1) is 7.13. The Kier molecular flexibility index (Phi) is 2.65. The van der Waals surface area contributed by atoms with Crippen molar-refractivity contribution in [3.05, 3.63) is 24.8 Å². The summed E-state index contributed by atoms with van der Waals surface area (Å²) in [6.45, 7) is 4.63. The van der Waals surface area contributed by atoms with Crippen LogP contribution in [0.1, 0.15) is 26.7 Å². The summed E-state index contributed by atoms with van der Waals surface area (Å²) in [5, 5.41) is 3.38. The summed E-state index contributed by atoms with van der Waals surface area (Å²) in [7, 11) is 2.03. The van der Waals surface area contributed by atoms with Gasteiger partial charge in [-0.15, -0.1) is 0 Å². The van der Waals surface area contributed by atoms with Crippen molar-refractivity contribution in [1.29, 1.82) is 0 Å². The minimum Gasteiger partial charge on any atom is -0.313 e. The lowest BCUT2D eigenvalue weighted by Crippen LogP contribution is -2.40. The van der Waals surface area contributed by atoms with Gasteiger partial charge in [0.05, 0.1) is 6.33 Å². The van der Waals surface area contributed by atoms with Gasteiger partial charge in [-0.2, -0.15) is 0 Å². The van der Waals surface area contributed by atoms with Gasteiger partial charge >= 0.3 is 0 Å². The van der Waals surface area contributed by atoms with Gasteiger partial charge in [-0.1, -0.05) is 13.8 Å². The molecule has 0 amide bonds. The number of likely N-dealkylation sites (N-methyl/N-ethyl adjacent to an activating group) is 1. The number of aromatic nitrogens is 2. The highest BCUT2D eigenvalue weighted by Crippen LogP contribution is 2.35. The number of hydrogen-bond donors (Lipinski definition) is 1. The predicted molar refractivity (Wildman–Crippen MR) is 62.4 cm³/mol. The minimum atomic E-state index is 0.346. The third-order valence-corrected chi connectivity index (χ3v) is 3.37. The Labute approximate surface area is 91.2 Å². The van der Waals surface area contributed by atoms with Crippen LogP contribution in [0.25, 0.3) is 5.70 Å². The van der Waals surface area contributed by atoms with E-state index in [1.54, 1.807) is 0 Å². The fourth-order valence-corrected chi connectivity index (χ4v) is 2.23. The van der Waals surface area contributed by atoms with Crippen LogP contribution >= 0.6 is 0 Å². The smallest absolute Gasteiger partial charge is 0.0989 e. The Morgan fingerprint density at radius 1 is 1.53 bits per heavy atom. The van der Waals surface area contributed by atoms with E-state index >= 15 is 0 Å². The lowest BCUT2D eigenvalue weighted by molar-refractivity contribution is 0.262. The van der Waals surface area contributed by atoms with E-state index in [9.17, 15) is 0 Å². The molecule has 0 aromatic carbocycles. The minimum absolute atomic E-state index is 0.346. The topological polar surface area (TPSA) is 29.9 Å². The first-order valence-electron chi connectivity index (χ1n) is 5.50. The summed E-state index contributed by atoms with van der Waals surface area (Å²) in [5.41, 5.74) is 1.70. The van der Waals surface area contributed by atoms with E-state index in [0.29, 0.717) is 11.5 Å². The molecule has 0 fully saturated rings. The molecule has 0 saturated carbocycles. The quantitative estimate of drug-likeness (QED) is 0.801. The number of allylic oxidation sites excluding steroid dienone is 1. The molecule has 1 atom stereocenters. The Morgan fingerprint density at radius 2 is 2.33 bits per heavy atom. The molecule has 0 aliphatic heterocycles. The van der Waals surface area contributed by atoms with Crippen LogP contribution in [0.2, 0.25) is 0 Å². The molecule has 1 aromatic rings. The van der Waals surface area contributed by atoms with Crippen LogP contribution in [0.3, 0.4) is 0 Å². The summed E-state index contributed by atoms with van der Waals surface area (Å²) >= 11 is 0. The van der Waals surface area contributed by atoms with Gasteiger partial charge in [0.15, 0.2) is 0 Å². The summed E-state index contributed by atoms with van der Waals surface area (Å²) in [6, 6.07) is 0.448. The van der Waals surface area contributed by atoms with Gasteiger partial charge < -0.3 is 9.88 Å². The molecule has 1 aliphatic rings. The molecule has 0 spiro atoms. The number of imidazole rings is 1. The Hall–Kier alpha value is -1.09. The van der Waals surface area contributed by atoms with Crippen molar-refractivity contribution >= 4 is 5.70 Å². The molecule has 82 valence electrons. The van der Waals surface area contributed by atoms with Crippen molar-refractivity contribution < 1.29 is 0 Å². The molecule has 3 heteroatoms. The number of nitrogens with one attached hydrogen (secondary N) is 1. The Morgan fingerprint density at radius 3 is 2.93 bits per heavy atom. The van der Waals surface area contributed by atoms with E-state index in [0.717, 1.165) is 6.42 Å². The van der Waals surface area contributed by atoms with E-state index in [1.165, 1.54) is 12.1 Å². The second kappa shape index (κ2) is 3.81. The number of hydrogen-bond acceptors (Lipinski definition) is 2. The molecule has 15 heavy (non-hydrogen) atoms. The summed E-state index contributed by atoms with van der Waals surface area (Å²) < 4.78 is 2.11. The van der Waals surface area contributed by atoms with Crippen LogP contribution in [-0.2, 0) is 0 Å². The van der Waals surface area contributed by atoms with Crippen LogP contribution in [0.4, 0.5) is 0 Å². The van der Waals surface area contributed by atoms with Crippen LogP contribution in [0.5, 0.6) is 0 Å². The van der Waals surface area contributed by atoms with Gasteiger partial charge in [-0.05, 0) is 31.4 Å². The zero-order valence-electron chi connectivity index (χ0n) is 9.70. The first-order valence-corrected chi connectivity index (χ1v) is 5.50. The number of nitrogens with zero attached hydrogens (tertiary/aromatic N) is 2. The van der Waals surface area contributed by atoms with Gasteiger partial charge in [-0.3, -0.25) is 0 Å². The lowest BCUT2D eigenvalue weighted by Gasteiger charge is -2.37. The average Bonchev–Trinajstić information content (AvgIpc) is 2.70. The normalized spacial score (nSPS) is 25.0. The highest BCUT2D eigenvalue weighted by atomic mass is 15.0. The second-order valence-corrected chi connectivity index (χ2v) is 4.88. The van der Waals surface area contributed by atoms with E-state index in [-0.39, 0.29) is 0 Å². The number of rotatable bonds is 2. The fourth-order valence-electron chi connectivity index (χ4n) is 2.23. The maximum absolute atomic E-state index is 4.09. The SMILES string of the molecule is CNC1C=C(n2ccnc2)CCC1(C)C. The third kappa shape index (κ3) is 1.97. The van der Waals surface area contributed by atoms with E-state index in [1.807, 2.05) is 25.8 Å². The average molecular weight is 205 g/mol. The third-order valence-electron chi connectivity index (χ3n) is 3.37. The molecule has 3 nitrogen and oxygen atoms in total. The molecule has 1 aliphatic carbocycles. The molecule has 0 saturated heterocycles. The molecule has 1 unspecified atom stereocenters. The van der Waals surface area contributed by atoms with Gasteiger partial charge in [0.25, 0.3) is 0 Å². The van der Waals surface area contributed by atoms with Crippen LogP contribution < -0.4 is 5.32 Å². The molecule has 1 N–H and O–H groups in total. The monoisotopic (exact) mass is 205 g/mol. The Bertz CT molecular complexity index is 349. The molecule has 1 aromatic heterocycles. The molecule has 1 heterocycles. The standard InChI is InChI=1S/C12H19N3/c1-12(2)5-4-10(8-11(12)13-3)15-7-6-14-9-15/h6-9,11,13H,4-5H2,1-3H3. The van der Waals surface area contributed by atoms with Gasteiger partial charge in [0.2, 0.25) is 0 Å². The van der Waals surface area contributed by atoms with Crippen molar-refractivity contribution in [2.24, 2.45) is 5.41 Å². The van der Waals surface area contributed by atoms with E-state index in [4.69, 9.17) is 0 Å². The van der Waals surface area contributed by atoms with Crippen molar-refractivity contribution in [2.45, 2.75) is 32.7 Å². The van der Waals surface area contributed by atoms with Crippen molar-refractivity contribution in [3.63, 3.8) is 0 Å². The fraction of sp³-hybridized carbons (Fsp3) is 0.583. The van der Waals surface area contributed by atoms with Crippen molar-refractivity contribution in [2.75, 3.05) is 7.05 Å². The van der Waals surface area contributed by atoms with E-state index < -0.39 is 0 Å². The van der Waals surface area contributed by atoms with Gasteiger partial charge in [0.1, 0.15) is 0 Å². The molecule has 2 rings (SSSR count). The van der Waals surface area contributed by atoms with Gasteiger partial charge in [0, 0.05) is 24.1 Å². The van der Waals surface area contributed by atoms with Crippen LogP contribution in [-0.4, -0.2) is 22.6 Å². The molecular weight excluding hydrogens is 186 g/mol. The summed E-state index contributed by atoms with van der Waals surface area (Å²) in [6.07, 6.45) is 10.4. The Balaban J connectivity index is 2.26. The van der Waals surface area contributed by atoms with Gasteiger partial charge in [-0.25, -0.2) is 4.98 Å². The highest BCUT2D eigenvalue weighted by molar-refractivity contribution is 5.48. The summed E-state index contributed by atoms with van der Waals surface area (Å²) in [4.78, 5) is 4.09. The van der Waals surface area contributed by atoms with Crippen molar-refractivity contribution in [3.8, 4) is 0 Å². The largest absolute Gasteiger partial charge is 0.313 e. The van der Waals surface area contributed by atoms with Crippen LogP contribution in [0.15, 0.2) is 24.8 Å². The summed E-state index contributed by atoms with van der Waals surface area (Å²) in [5.74, 6) is 0. The maximum atomic E-state index is 4.09. The molecule has 0 radical (unpaired) electrons. The van der Waals surface area contributed by atoms with Crippen LogP contribution in [0, 0.1) is 5.41 Å². The second-order valence-electron chi connectivity index (χ2n) is 4.88. The zero-order chi connectivity index (χ0) is 10.9. The lowest BCUT2D eigenvalue weighted by atomic mass is 9.76. The first kappa shape index (κ1) is 10.4. The van der Waals surface area contributed by atoms with Crippen molar-refractivity contribution in [1.82, 2.24) is 14.9 Å². The molecule has 0 bridgehead atoms. The highest BCUT2D eigenvalue weighted by Gasteiger charge is 2.30. The zero-order valence-corrected chi connectivity index (χ0v) is 9.70. The predicted octanol–water partition coefficient (Wildman–Crippen LogP) is 2.13. The molecular formula is C12H19N3.